The number of rotatable bonds is 1. The molecule has 0 saturated heterocycles. The fourth-order valence-electron chi connectivity index (χ4n) is 13.3. The van der Waals surface area contributed by atoms with Crippen LogP contribution in [0.5, 0.6) is 0 Å². The number of hydrogen-bond acceptors (Lipinski definition) is 0. The molecule has 0 aliphatic carbocycles. The molecule has 0 unspecified atom stereocenters. The molecule has 0 heterocycles. The molecule has 0 radical (unpaired) electrons. The zero-order valence-corrected chi connectivity index (χ0v) is 34.5. The summed E-state index contributed by atoms with van der Waals surface area (Å²) in [5.41, 5.74) is 10.7. The van der Waals surface area contributed by atoms with Crippen molar-refractivity contribution in [3.8, 4) is 11.1 Å². The van der Waals surface area contributed by atoms with Gasteiger partial charge in [0.2, 0.25) is 0 Å². The zero-order chi connectivity index (χ0) is 39.8. The lowest BCUT2D eigenvalue weighted by atomic mass is 9.73. The van der Waals surface area contributed by atoms with Crippen LogP contribution in [0.15, 0.2) is 121 Å². The van der Waals surface area contributed by atoms with Crippen molar-refractivity contribution in [2.45, 2.75) is 41.5 Å². The fourth-order valence-corrected chi connectivity index (χ4v) is 13.3. The molecule has 0 aliphatic heterocycles. The van der Waals surface area contributed by atoms with Crippen molar-refractivity contribution in [3.05, 3.63) is 155 Å². The van der Waals surface area contributed by atoms with Gasteiger partial charge in [-0.05, 0) is 239 Å². The van der Waals surface area contributed by atoms with E-state index < -0.39 is 0 Å². The molecule has 15 rings (SSSR count). The molecular formula is C60H38. The normalized spacial score (nSPS) is 13.2. The van der Waals surface area contributed by atoms with Crippen LogP contribution >= 0.6 is 0 Å². The lowest BCUT2D eigenvalue weighted by Crippen LogP contribution is -2.00. The first-order valence-corrected chi connectivity index (χ1v) is 21.6. The van der Waals surface area contributed by atoms with E-state index in [2.05, 4.69) is 163 Å². The predicted octanol–water partition coefficient (Wildman–Crippen LogP) is 17.4. The third-order valence-corrected chi connectivity index (χ3v) is 15.5. The van der Waals surface area contributed by atoms with Crippen LogP contribution in [0, 0.1) is 41.5 Å². The standard InChI is InChI=1S/C60H38/c1-27-21-29(3)48(30(4)22-27)33-15-16-38-41-19-20-42-50-32(6)28(2)23-31(5)49(50)47-26-45-37-14-10-8-12-35(37)40-18-17-39-34-11-7-9-13-36(34)44-25-46(43(38)24-33)57-53(41)54(42)58(47)60-56(45)52(40)51(39)55(44)59(57)60/h7-26H,1-6H3. The van der Waals surface area contributed by atoms with Crippen LogP contribution in [0.25, 0.3) is 151 Å². The highest BCUT2D eigenvalue weighted by molar-refractivity contribution is 6.59. The maximum atomic E-state index is 2.62. The van der Waals surface area contributed by atoms with E-state index in [0.29, 0.717) is 0 Å². The monoisotopic (exact) mass is 758 g/mol. The molecule has 0 atom stereocenters. The summed E-state index contributed by atoms with van der Waals surface area (Å²) in [7, 11) is 0. The van der Waals surface area contributed by atoms with E-state index in [1.165, 1.54) is 185 Å². The minimum Gasteiger partial charge on any atom is -0.0616 e. The maximum absolute atomic E-state index is 2.62. The molecular weight excluding hydrogens is 721 g/mol. The highest BCUT2D eigenvalue weighted by Crippen LogP contribution is 2.60. The van der Waals surface area contributed by atoms with E-state index in [1.54, 1.807) is 0 Å². The SMILES string of the molecule is Cc1cc(C)c(-c2ccc3c(c2)c2cc4c5ccccc5c5ccc6c7ccccc7c7cc8c9c(C)cc(C)c(C)c9c9ccc3c3c9c8c8c7c6c5c4c8c23)c(C)c1. The lowest BCUT2D eigenvalue weighted by Gasteiger charge is -2.29. The van der Waals surface area contributed by atoms with E-state index >= 15 is 0 Å². The van der Waals surface area contributed by atoms with Crippen molar-refractivity contribution in [1.82, 2.24) is 0 Å². The Kier molecular flexibility index (Phi) is 5.43. The number of fused-ring (bicyclic) bond motifs is 12. The minimum atomic E-state index is 1.30. The van der Waals surface area contributed by atoms with Crippen LogP contribution < -0.4 is 0 Å². The van der Waals surface area contributed by atoms with Crippen LogP contribution in [-0.4, -0.2) is 0 Å². The van der Waals surface area contributed by atoms with Gasteiger partial charge in [-0.25, -0.2) is 0 Å². The topological polar surface area (TPSA) is 0 Å². The molecule has 0 saturated carbocycles. The second kappa shape index (κ2) is 10.2. The van der Waals surface area contributed by atoms with Gasteiger partial charge in [-0.3, -0.25) is 0 Å². The van der Waals surface area contributed by atoms with Crippen LogP contribution in [0.1, 0.15) is 33.4 Å². The van der Waals surface area contributed by atoms with Gasteiger partial charge in [0.15, 0.2) is 0 Å². The van der Waals surface area contributed by atoms with Crippen LogP contribution in [0.3, 0.4) is 0 Å². The van der Waals surface area contributed by atoms with Crippen molar-refractivity contribution in [2.75, 3.05) is 0 Å². The first-order valence-electron chi connectivity index (χ1n) is 21.6. The largest absolute Gasteiger partial charge is 0.0616 e. The molecule has 0 aliphatic rings. The van der Waals surface area contributed by atoms with Crippen molar-refractivity contribution in [3.63, 3.8) is 0 Å². The van der Waals surface area contributed by atoms with Gasteiger partial charge in [0, 0.05) is 0 Å². The minimum absolute atomic E-state index is 1.30. The molecule has 0 nitrogen and oxygen atoms in total. The van der Waals surface area contributed by atoms with E-state index in [4.69, 9.17) is 0 Å². The summed E-state index contributed by atoms with van der Waals surface area (Å²) in [6.45, 7) is 13.8. The van der Waals surface area contributed by atoms with Gasteiger partial charge in [0.1, 0.15) is 0 Å². The predicted molar refractivity (Wildman–Crippen MR) is 264 cm³/mol. The Balaban J connectivity index is 1.35. The molecule has 0 aromatic heterocycles. The Hall–Kier alpha value is -7.02. The lowest BCUT2D eigenvalue weighted by molar-refractivity contribution is 1.32. The van der Waals surface area contributed by atoms with Crippen LogP contribution in [0.4, 0.5) is 0 Å². The van der Waals surface area contributed by atoms with E-state index in [9.17, 15) is 0 Å². The quantitative estimate of drug-likeness (QED) is 0.116. The zero-order valence-electron chi connectivity index (χ0n) is 34.5. The summed E-state index contributed by atoms with van der Waals surface area (Å²) in [6, 6.07) is 48.0. The average Bonchev–Trinajstić information content (AvgIpc) is 3.25. The summed E-state index contributed by atoms with van der Waals surface area (Å²) in [5.74, 6) is 0. The Bertz CT molecular complexity index is 4420. The first-order chi connectivity index (χ1) is 29.3. The second-order valence-corrected chi connectivity index (χ2v) is 18.5. The van der Waals surface area contributed by atoms with Gasteiger partial charge in [-0.2, -0.15) is 0 Å². The van der Waals surface area contributed by atoms with E-state index in [-0.39, 0.29) is 0 Å². The number of aryl methyl sites for hydroxylation is 6. The molecule has 0 spiro atoms. The van der Waals surface area contributed by atoms with Gasteiger partial charge in [0.05, 0.1) is 0 Å². The molecule has 60 heavy (non-hydrogen) atoms. The van der Waals surface area contributed by atoms with Gasteiger partial charge in [0.25, 0.3) is 0 Å². The Morgan fingerprint density at radius 2 is 0.650 bits per heavy atom. The molecule has 0 N–H and O–H groups in total. The summed E-state index contributed by atoms with van der Waals surface area (Å²) >= 11 is 0. The first kappa shape index (κ1) is 31.9. The van der Waals surface area contributed by atoms with Crippen LogP contribution in [-0.2, 0) is 0 Å². The van der Waals surface area contributed by atoms with Crippen molar-refractivity contribution >= 4 is 140 Å². The highest BCUT2D eigenvalue weighted by atomic mass is 14.3. The molecule has 0 bridgehead atoms. The average molecular weight is 759 g/mol. The summed E-state index contributed by atoms with van der Waals surface area (Å²) in [5, 5.41) is 36.2. The molecule has 15 aromatic carbocycles. The van der Waals surface area contributed by atoms with Crippen LogP contribution in [0.2, 0.25) is 0 Å². The van der Waals surface area contributed by atoms with Crippen molar-refractivity contribution in [2.24, 2.45) is 0 Å². The molecule has 0 heteroatoms. The van der Waals surface area contributed by atoms with Gasteiger partial charge >= 0.3 is 0 Å². The van der Waals surface area contributed by atoms with E-state index in [1.807, 2.05) is 0 Å². The Morgan fingerprint density at radius 3 is 1.22 bits per heavy atom. The van der Waals surface area contributed by atoms with Crippen molar-refractivity contribution < 1.29 is 0 Å². The molecule has 0 fully saturated rings. The van der Waals surface area contributed by atoms with Crippen molar-refractivity contribution in [1.29, 1.82) is 0 Å². The molecule has 15 aromatic rings. The summed E-state index contributed by atoms with van der Waals surface area (Å²) < 4.78 is 0. The van der Waals surface area contributed by atoms with Gasteiger partial charge in [-0.15, -0.1) is 0 Å². The maximum Gasteiger partial charge on any atom is -0.0000467 e. The molecule has 278 valence electrons. The third-order valence-electron chi connectivity index (χ3n) is 15.5. The van der Waals surface area contributed by atoms with Gasteiger partial charge < -0.3 is 0 Å². The second-order valence-electron chi connectivity index (χ2n) is 18.5. The summed E-state index contributed by atoms with van der Waals surface area (Å²) in [4.78, 5) is 0. The summed E-state index contributed by atoms with van der Waals surface area (Å²) in [6.07, 6.45) is 0. The third kappa shape index (κ3) is 3.38. The number of benzene rings is 15. The Morgan fingerprint density at radius 1 is 0.233 bits per heavy atom. The fraction of sp³-hybridized carbons (Fsp3) is 0.100. The van der Waals surface area contributed by atoms with E-state index in [0.717, 1.165) is 0 Å². The smallest absolute Gasteiger partial charge is 0.0000467 e. The highest BCUT2D eigenvalue weighted by Gasteiger charge is 2.31. The molecule has 0 amide bonds. The number of hydrogen-bond donors (Lipinski definition) is 0. The Labute approximate surface area is 345 Å². The van der Waals surface area contributed by atoms with Gasteiger partial charge in [-0.1, -0.05) is 109 Å².